The molecule has 0 aliphatic carbocycles. The number of piperazine rings is 1. The first-order valence-electron chi connectivity index (χ1n) is 5.08. The van der Waals surface area contributed by atoms with Gasteiger partial charge in [0.15, 0.2) is 0 Å². The lowest BCUT2D eigenvalue weighted by atomic mass is 10.1. The maximum Gasteiger partial charge on any atom is 0.0606 e. The number of aliphatic hydroxyl groups excluding tert-OH is 1. The second-order valence-corrected chi connectivity index (χ2v) is 3.89. The molecule has 0 spiro atoms. The lowest BCUT2D eigenvalue weighted by molar-refractivity contribution is 0.164. The van der Waals surface area contributed by atoms with Gasteiger partial charge in [-0.05, 0) is 13.8 Å². The van der Waals surface area contributed by atoms with E-state index in [4.69, 9.17) is 5.11 Å². The van der Waals surface area contributed by atoms with E-state index in [0.717, 1.165) is 24.5 Å². The summed E-state index contributed by atoms with van der Waals surface area (Å²) in [6.45, 7) is 15.1. The van der Waals surface area contributed by atoms with Gasteiger partial charge in [-0.2, -0.15) is 0 Å². The van der Waals surface area contributed by atoms with Crippen molar-refractivity contribution in [3.05, 3.63) is 24.6 Å². The van der Waals surface area contributed by atoms with E-state index in [2.05, 4.69) is 36.8 Å². The summed E-state index contributed by atoms with van der Waals surface area (Å²) in [6, 6.07) is 0.468. The van der Waals surface area contributed by atoms with Crippen molar-refractivity contribution in [2.75, 3.05) is 26.2 Å². The molecule has 1 aliphatic rings. The van der Waals surface area contributed by atoms with E-state index in [-0.39, 0.29) is 6.61 Å². The van der Waals surface area contributed by atoms with E-state index in [9.17, 15) is 0 Å². The Bertz CT molecular complexity index is 235. The molecule has 0 unspecified atom stereocenters. The third-order valence-corrected chi connectivity index (χ3v) is 2.67. The van der Waals surface area contributed by atoms with Crippen molar-refractivity contribution in [3.8, 4) is 0 Å². The number of aliphatic hydroxyl groups is 1. The van der Waals surface area contributed by atoms with Crippen LogP contribution in [0.2, 0.25) is 0 Å². The molecular weight excluding hydrogens is 176 g/mol. The molecule has 0 saturated carbocycles. The van der Waals surface area contributed by atoms with Crippen LogP contribution in [0.3, 0.4) is 0 Å². The van der Waals surface area contributed by atoms with Crippen molar-refractivity contribution in [3.63, 3.8) is 0 Å². The highest BCUT2D eigenvalue weighted by Gasteiger charge is 2.23. The molecule has 3 nitrogen and oxygen atoms in total. The Morgan fingerprint density at radius 3 is 2.43 bits per heavy atom. The lowest BCUT2D eigenvalue weighted by Crippen LogP contribution is -2.45. The summed E-state index contributed by atoms with van der Waals surface area (Å²) in [5, 5.41) is 8.87. The average molecular weight is 196 g/mol. The van der Waals surface area contributed by atoms with Gasteiger partial charge in [0.05, 0.1) is 18.0 Å². The molecule has 1 heterocycles. The molecule has 0 aromatic carbocycles. The number of nitrogens with zero attached hydrogens (tertiary/aromatic N) is 2. The first kappa shape index (κ1) is 11.1. The van der Waals surface area contributed by atoms with Gasteiger partial charge in [0, 0.05) is 25.7 Å². The summed E-state index contributed by atoms with van der Waals surface area (Å²) >= 11 is 0. The van der Waals surface area contributed by atoms with Crippen molar-refractivity contribution in [1.82, 2.24) is 9.80 Å². The largest absolute Gasteiger partial charge is 0.395 e. The van der Waals surface area contributed by atoms with Gasteiger partial charge in [-0.3, -0.25) is 0 Å². The van der Waals surface area contributed by atoms with Crippen LogP contribution in [0.5, 0.6) is 0 Å². The van der Waals surface area contributed by atoms with Crippen molar-refractivity contribution in [1.29, 1.82) is 0 Å². The zero-order valence-corrected chi connectivity index (χ0v) is 9.16. The number of hydrogen-bond acceptors (Lipinski definition) is 3. The Morgan fingerprint density at radius 2 is 1.93 bits per heavy atom. The maximum absolute atomic E-state index is 8.87. The van der Waals surface area contributed by atoms with Gasteiger partial charge in [0.25, 0.3) is 0 Å². The van der Waals surface area contributed by atoms with Crippen LogP contribution in [0.15, 0.2) is 24.6 Å². The van der Waals surface area contributed by atoms with E-state index in [1.165, 1.54) is 0 Å². The monoisotopic (exact) mass is 196 g/mol. The summed E-state index contributed by atoms with van der Waals surface area (Å²) in [5.74, 6) is 0. The standard InChI is InChI=1S/C11H20N2O/c1-9(2)13-6-5-12(7-8-14)10(3)11(13)4/h9,14H,3-8H2,1-2H3. The van der Waals surface area contributed by atoms with Gasteiger partial charge in [-0.25, -0.2) is 0 Å². The zero-order chi connectivity index (χ0) is 10.7. The fraction of sp³-hybridized carbons (Fsp3) is 0.636. The molecule has 0 bridgehead atoms. The molecule has 0 aromatic heterocycles. The molecule has 1 fully saturated rings. The molecule has 3 heteroatoms. The van der Waals surface area contributed by atoms with Crippen molar-refractivity contribution < 1.29 is 5.11 Å². The smallest absolute Gasteiger partial charge is 0.0606 e. The summed E-state index contributed by atoms with van der Waals surface area (Å²) in [6.07, 6.45) is 0. The third-order valence-electron chi connectivity index (χ3n) is 2.67. The van der Waals surface area contributed by atoms with Crippen LogP contribution in [-0.2, 0) is 0 Å². The minimum Gasteiger partial charge on any atom is -0.395 e. The molecule has 0 atom stereocenters. The van der Waals surface area contributed by atoms with E-state index in [0.29, 0.717) is 12.6 Å². The predicted octanol–water partition coefficient (Wildman–Crippen LogP) is 1.03. The van der Waals surface area contributed by atoms with E-state index >= 15 is 0 Å². The van der Waals surface area contributed by atoms with Crippen molar-refractivity contribution in [2.45, 2.75) is 19.9 Å². The van der Waals surface area contributed by atoms with Crippen molar-refractivity contribution in [2.24, 2.45) is 0 Å². The van der Waals surface area contributed by atoms with Gasteiger partial charge in [0.1, 0.15) is 0 Å². The Hall–Kier alpha value is -0.960. The van der Waals surface area contributed by atoms with Crippen LogP contribution in [0, 0.1) is 0 Å². The summed E-state index contributed by atoms with van der Waals surface area (Å²) in [7, 11) is 0. The van der Waals surface area contributed by atoms with Crippen LogP contribution in [0.25, 0.3) is 0 Å². The second-order valence-electron chi connectivity index (χ2n) is 3.89. The van der Waals surface area contributed by atoms with Crippen LogP contribution in [0.1, 0.15) is 13.8 Å². The van der Waals surface area contributed by atoms with Crippen LogP contribution >= 0.6 is 0 Å². The highest BCUT2D eigenvalue weighted by molar-refractivity contribution is 5.26. The Balaban J connectivity index is 2.65. The fourth-order valence-corrected chi connectivity index (χ4v) is 1.78. The van der Waals surface area contributed by atoms with Gasteiger partial charge in [-0.1, -0.05) is 13.2 Å². The molecule has 1 aliphatic heterocycles. The average Bonchev–Trinajstić information content (AvgIpc) is 2.13. The maximum atomic E-state index is 8.87. The van der Waals surface area contributed by atoms with Crippen molar-refractivity contribution >= 4 is 0 Å². The van der Waals surface area contributed by atoms with Gasteiger partial charge in [-0.15, -0.1) is 0 Å². The normalized spacial score (nSPS) is 18.3. The molecule has 0 radical (unpaired) electrons. The van der Waals surface area contributed by atoms with Crippen LogP contribution < -0.4 is 0 Å². The molecule has 80 valence electrons. The summed E-state index contributed by atoms with van der Waals surface area (Å²) in [5.41, 5.74) is 1.93. The quantitative estimate of drug-likeness (QED) is 0.730. The molecule has 0 amide bonds. The summed E-state index contributed by atoms with van der Waals surface area (Å²) < 4.78 is 0. The molecule has 1 saturated heterocycles. The van der Waals surface area contributed by atoms with Gasteiger partial charge < -0.3 is 14.9 Å². The topological polar surface area (TPSA) is 26.7 Å². The van der Waals surface area contributed by atoms with Gasteiger partial charge in [0.2, 0.25) is 0 Å². The lowest BCUT2D eigenvalue weighted by Gasteiger charge is -2.42. The van der Waals surface area contributed by atoms with E-state index in [1.54, 1.807) is 0 Å². The zero-order valence-electron chi connectivity index (χ0n) is 9.16. The minimum absolute atomic E-state index is 0.175. The third kappa shape index (κ3) is 2.10. The molecule has 14 heavy (non-hydrogen) atoms. The highest BCUT2D eigenvalue weighted by atomic mass is 16.3. The molecule has 0 aromatic rings. The Kier molecular flexibility index (Phi) is 3.58. The predicted molar refractivity (Wildman–Crippen MR) is 58.8 cm³/mol. The second kappa shape index (κ2) is 4.51. The Labute approximate surface area is 86.3 Å². The fourth-order valence-electron chi connectivity index (χ4n) is 1.78. The number of hydrogen-bond donors (Lipinski definition) is 1. The van der Waals surface area contributed by atoms with E-state index in [1.807, 2.05) is 0 Å². The number of β-amino-alcohol motifs (C(OH)–C–C–N with tert-alkyl or cyclic N) is 1. The van der Waals surface area contributed by atoms with E-state index < -0.39 is 0 Å². The van der Waals surface area contributed by atoms with Gasteiger partial charge >= 0.3 is 0 Å². The van der Waals surface area contributed by atoms with Crippen LogP contribution in [0.4, 0.5) is 0 Å². The SMILES string of the molecule is C=C1C(=C)N(C(C)C)CCN1CCO. The summed E-state index contributed by atoms with van der Waals surface area (Å²) in [4.78, 5) is 4.33. The first-order valence-corrected chi connectivity index (χ1v) is 5.08. The molecular formula is C11H20N2O. The first-order chi connectivity index (χ1) is 6.57. The minimum atomic E-state index is 0.175. The molecule has 1 rings (SSSR count). The Morgan fingerprint density at radius 1 is 1.29 bits per heavy atom. The molecule has 1 N–H and O–H groups in total. The highest BCUT2D eigenvalue weighted by Crippen LogP contribution is 2.22. The number of rotatable bonds is 3. The van der Waals surface area contributed by atoms with Crippen LogP contribution in [-0.4, -0.2) is 47.2 Å².